The highest BCUT2D eigenvalue weighted by Crippen LogP contribution is 2.36. The summed E-state index contributed by atoms with van der Waals surface area (Å²) >= 11 is 0. The molecule has 21 heavy (non-hydrogen) atoms. The first-order valence-electron chi connectivity index (χ1n) is 7.24. The molecular formula is C16H21BN2O2. The van der Waals surface area contributed by atoms with Crippen LogP contribution in [0, 0.1) is 0 Å². The van der Waals surface area contributed by atoms with Gasteiger partial charge >= 0.3 is 7.12 Å². The molecule has 1 saturated heterocycles. The molecule has 1 aromatic heterocycles. The van der Waals surface area contributed by atoms with Gasteiger partial charge in [-0.05, 0) is 39.2 Å². The van der Waals surface area contributed by atoms with Crippen molar-refractivity contribution in [2.24, 2.45) is 7.05 Å². The SMILES string of the molecule is Cn1ccc(-c2ccc(B3OC(C)(C)C(C)(C)O3)cc2)n1. The van der Waals surface area contributed by atoms with Crippen molar-refractivity contribution in [3.63, 3.8) is 0 Å². The van der Waals surface area contributed by atoms with E-state index in [2.05, 4.69) is 44.9 Å². The van der Waals surface area contributed by atoms with Gasteiger partial charge in [0.25, 0.3) is 0 Å². The van der Waals surface area contributed by atoms with Crippen LogP contribution in [0.5, 0.6) is 0 Å². The molecule has 1 aliphatic rings. The minimum Gasteiger partial charge on any atom is -0.399 e. The van der Waals surface area contributed by atoms with E-state index in [1.807, 2.05) is 31.4 Å². The number of benzene rings is 1. The highest BCUT2D eigenvalue weighted by Gasteiger charge is 2.51. The van der Waals surface area contributed by atoms with Crippen molar-refractivity contribution in [3.8, 4) is 11.3 Å². The number of rotatable bonds is 2. The molecule has 0 bridgehead atoms. The zero-order valence-corrected chi connectivity index (χ0v) is 13.3. The van der Waals surface area contributed by atoms with Crippen LogP contribution in [0.3, 0.4) is 0 Å². The van der Waals surface area contributed by atoms with E-state index in [0.29, 0.717) is 0 Å². The molecule has 0 radical (unpaired) electrons. The lowest BCUT2D eigenvalue weighted by atomic mass is 9.79. The van der Waals surface area contributed by atoms with Crippen LogP contribution in [0.1, 0.15) is 27.7 Å². The first-order valence-corrected chi connectivity index (χ1v) is 7.24. The molecule has 110 valence electrons. The summed E-state index contributed by atoms with van der Waals surface area (Å²) in [4.78, 5) is 0. The van der Waals surface area contributed by atoms with Gasteiger partial charge in [-0.3, -0.25) is 4.68 Å². The standard InChI is InChI=1S/C16H21BN2O2/c1-15(2)16(3,4)21-17(20-15)13-8-6-12(7-9-13)14-10-11-19(5)18-14/h6-11H,1-5H3. The summed E-state index contributed by atoms with van der Waals surface area (Å²) in [6.45, 7) is 8.26. The fourth-order valence-electron chi connectivity index (χ4n) is 2.36. The van der Waals surface area contributed by atoms with Gasteiger partial charge in [0.15, 0.2) is 0 Å². The molecule has 0 saturated carbocycles. The Balaban J connectivity index is 1.83. The lowest BCUT2D eigenvalue weighted by Gasteiger charge is -2.32. The van der Waals surface area contributed by atoms with E-state index in [1.165, 1.54) is 0 Å². The number of hydrogen-bond acceptors (Lipinski definition) is 3. The van der Waals surface area contributed by atoms with Gasteiger partial charge in [-0.1, -0.05) is 24.3 Å². The number of nitrogens with zero attached hydrogens (tertiary/aromatic N) is 2. The van der Waals surface area contributed by atoms with Crippen molar-refractivity contribution >= 4 is 12.6 Å². The second-order valence-electron chi connectivity index (χ2n) is 6.58. The van der Waals surface area contributed by atoms with E-state index < -0.39 is 0 Å². The first kappa shape index (κ1) is 14.4. The first-order chi connectivity index (χ1) is 9.78. The van der Waals surface area contributed by atoms with Crippen molar-refractivity contribution in [1.82, 2.24) is 9.78 Å². The largest absolute Gasteiger partial charge is 0.494 e. The van der Waals surface area contributed by atoms with Crippen LogP contribution >= 0.6 is 0 Å². The maximum atomic E-state index is 6.06. The lowest BCUT2D eigenvalue weighted by Crippen LogP contribution is -2.41. The van der Waals surface area contributed by atoms with Gasteiger partial charge in [-0.25, -0.2) is 0 Å². The van der Waals surface area contributed by atoms with Gasteiger partial charge in [0, 0.05) is 18.8 Å². The Morgan fingerprint density at radius 3 is 2.00 bits per heavy atom. The summed E-state index contributed by atoms with van der Waals surface area (Å²) in [5.74, 6) is 0. The summed E-state index contributed by atoms with van der Waals surface area (Å²) in [6, 6.07) is 10.2. The maximum Gasteiger partial charge on any atom is 0.494 e. The van der Waals surface area contributed by atoms with Crippen LogP contribution in [0.15, 0.2) is 36.5 Å². The summed E-state index contributed by atoms with van der Waals surface area (Å²) in [6.07, 6.45) is 1.94. The van der Waals surface area contributed by atoms with E-state index in [-0.39, 0.29) is 18.3 Å². The van der Waals surface area contributed by atoms with Crippen molar-refractivity contribution < 1.29 is 9.31 Å². The average molecular weight is 284 g/mol. The maximum absolute atomic E-state index is 6.06. The van der Waals surface area contributed by atoms with Crippen LogP contribution in [-0.2, 0) is 16.4 Å². The molecular weight excluding hydrogens is 263 g/mol. The Hall–Kier alpha value is -1.59. The predicted octanol–water partition coefficient (Wildman–Crippen LogP) is 2.39. The number of aryl methyl sites for hydroxylation is 1. The quantitative estimate of drug-likeness (QED) is 0.794. The van der Waals surface area contributed by atoms with Gasteiger partial charge in [0.1, 0.15) is 0 Å². The Bertz CT molecular complexity index is 631. The zero-order chi connectivity index (χ0) is 15.3. The topological polar surface area (TPSA) is 36.3 Å². The van der Waals surface area contributed by atoms with Gasteiger partial charge in [0.05, 0.1) is 16.9 Å². The average Bonchev–Trinajstić information content (AvgIpc) is 2.92. The summed E-state index contributed by atoms with van der Waals surface area (Å²) in [7, 11) is 1.61. The van der Waals surface area contributed by atoms with Gasteiger partial charge < -0.3 is 9.31 Å². The molecule has 1 aliphatic heterocycles. The van der Waals surface area contributed by atoms with Crippen molar-refractivity contribution in [2.45, 2.75) is 38.9 Å². The normalized spacial score (nSPS) is 20.0. The third kappa shape index (κ3) is 2.52. The van der Waals surface area contributed by atoms with E-state index in [9.17, 15) is 0 Å². The molecule has 2 aromatic rings. The summed E-state index contributed by atoms with van der Waals surface area (Å²) in [5.41, 5.74) is 2.48. The fraction of sp³-hybridized carbons (Fsp3) is 0.438. The fourth-order valence-corrected chi connectivity index (χ4v) is 2.36. The molecule has 3 rings (SSSR count). The monoisotopic (exact) mass is 284 g/mol. The molecule has 0 unspecified atom stereocenters. The van der Waals surface area contributed by atoms with E-state index >= 15 is 0 Å². The smallest absolute Gasteiger partial charge is 0.399 e. The molecule has 0 aliphatic carbocycles. The lowest BCUT2D eigenvalue weighted by molar-refractivity contribution is 0.00578. The van der Waals surface area contributed by atoms with Crippen molar-refractivity contribution in [3.05, 3.63) is 36.5 Å². The van der Waals surface area contributed by atoms with Crippen molar-refractivity contribution in [2.75, 3.05) is 0 Å². The van der Waals surface area contributed by atoms with Crippen LogP contribution in [0.2, 0.25) is 0 Å². The Labute approximate surface area is 126 Å². The van der Waals surface area contributed by atoms with Crippen LogP contribution in [-0.4, -0.2) is 28.1 Å². The predicted molar refractivity (Wildman–Crippen MR) is 84.4 cm³/mol. The molecule has 0 N–H and O–H groups in total. The van der Waals surface area contributed by atoms with Crippen LogP contribution in [0.25, 0.3) is 11.3 Å². The summed E-state index contributed by atoms with van der Waals surface area (Å²) in [5, 5.41) is 4.41. The Kier molecular flexibility index (Phi) is 3.22. The second-order valence-corrected chi connectivity index (χ2v) is 6.58. The highest BCUT2D eigenvalue weighted by atomic mass is 16.7. The molecule has 0 atom stereocenters. The van der Waals surface area contributed by atoms with E-state index in [0.717, 1.165) is 16.7 Å². The van der Waals surface area contributed by atoms with E-state index in [4.69, 9.17) is 9.31 Å². The molecule has 2 heterocycles. The van der Waals surface area contributed by atoms with Gasteiger partial charge in [0.2, 0.25) is 0 Å². The molecule has 1 aromatic carbocycles. The molecule has 0 amide bonds. The minimum absolute atomic E-state index is 0.308. The van der Waals surface area contributed by atoms with Crippen LogP contribution in [0.4, 0.5) is 0 Å². The second kappa shape index (κ2) is 4.72. The molecule has 0 spiro atoms. The minimum atomic E-state index is -0.312. The van der Waals surface area contributed by atoms with Gasteiger partial charge in [-0.2, -0.15) is 5.10 Å². The number of aromatic nitrogens is 2. The molecule has 4 nitrogen and oxygen atoms in total. The number of hydrogen-bond donors (Lipinski definition) is 0. The van der Waals surface area contributed by atoms with Crippen molar-refractivity contribution in [1.29, 1.82) is 0 Å². The third-order valence-electron chi connectivity index (χ3n) is 4.45. The van der Waals surface area contributed by atoms with E-state index in [1.54, 1.807) is 4.68 Å². The zero-order valence-electron chi connectivity index (χ0n) is 13.3. The van der Waals surface area contributed by atoms with Crippen LogP contribution < -0.4 is 5.46 Å². The summed E-state index contributed by atoms with van der Waals surface area (Å²) < 4.78 is 13.9. The Morgan fingerprint density at radius 2 is 1.52 bits per heavy atom. The molecule has 1 fully saturated rings. The third-order valence-corrected chi connectivity index (χ3v) is 4.45. The highest BCUT2D eigenvalue weighted by molar-refractivity contribution is 6.62. The molecule has 5 heteroatoms. The Morgan fingerprint density at radius 1 is 0.952 bits per heavy atom. The van der Waals surface area contributed by atoms with Gasteiger partial charge in [-0.15, -0.1) is 0 Å².